The van der Waals surface area contributed by atoms with E-state index in [1.807, 2.05) is 6.92 Å². The first kappa shape index (κ1) is 18.2. The van der Waals surface area contributed by atoms with Crippen LogP contribution in [0.3, 0.4) is 0 Å². The Bertz CT molecular complexity index is 513. The second kappa shape index (κ2) is 7.96. The second-order valence-corrected chi connectivity index (χ2v) is 8.49. The molecule has 0 atom stereocenters. The van der Waals surface area contributed by atoms with Gasteiger partial charge in [-0.25, -0.2) is 8.42 Å². The molecule has 0 bridgehead atoms. The summed E-state index contributed by atoms with van der Waals surface area (Å²) in [4.78, 5) is 0. The standard InChI is InChI=1S/C12H19ClN2O2S2.ClH/c1-2-9-15(10-5-7-14-8-6-10)19(16,17)12-4-3-11(13)18-12;/h3-4,10,14H,2,5-9H2,1H3;1H. The van der Waals surface area contributed by atoms with Gasteiger partial charge in [-0.2, -0.15) is 4.31 Å². The van der Waals surface area contributed by atoms with E-state index in [1.54, 1.807) is 16.4 Å². The van der Waals surface area contributed by atoms with Crippen LogP contribution in [0.1, 0.15) is 26.2 Å². The van der Waals surface area contributed by atoms with Gasteiger partial charge in [-0.1, -0.05) is 18.5 Å². The molecular formula is C12H20Cl2N2O2S2. The summed E-state index contributed by atoms with van der Waals surface area (Å²) < 4.78 is 27.9. The third kappa shape index (κ3) is 4.08. The molecule has 0 spiro atoms. The van der Waals surface area contributed by atoms with Crippen LogP contribution in [0.25, 0.3) is 0 Å². The van der Waals surface area contributed by atoms with Crippen LogP contribution in [-0.2, 0) is 10.0 Å². The van der Waals surface area contributed by atoms with Crippen molar-refractivity contribution in [2.45, 2.75) is 36.4 Å². The highest BCUT2D eigenvalue weighted by Gasteiger charge is 2.32. The van der Waals surface area contributed by atoms with Crippen LogP contribution in [0.2, 0.25) is 4.34 Å². The Morgan fingerprint density at radius 3 is 2.55 bits per heavy atom. The Morgan fingerprint density at radius 2 is 2.05 bits per heavy atom. The molecule has 20 heavy (non-hydrogen) atoms. The van der Waals surface area contributed by atoms with Crippen LogP contribution >= 0.6 is 35.3 Å². The van der Waals surface area contributed by atoms with Crippen molar-refractivity contribution >= 4 is 45.4 Å². The van der Waals surface area contributed by atoms with Crippen LogP contribution in [0.4, 0.5) is 0 Å². The van der Waals surface area contributed by atoms with Gasteiger partial charge in [0.25, 0.3) is 10.0 Å². The molecule has 1 saturated heterocycles. The molecule has 1 aliphatic heterocycles. The predicted octanol–water partition coefficient (Wildman–Crippen LogP) is 2.98. The quantitative estimate of drug-likeness (QED) is 0.879. The average molecular weight is 359 g/mol. The van der Waals surface area contributed by atoms with Gasteiger partial charge in [0.15, 0.2) is 0 Å². The van der Waals surface area contributed by atoms with Gasteiger partial charge >= 0.3 is 0 Å². The first-order valence-electron chi connectivity index (χ1n) is 6.53. The lowest BCUT2D eigenvalue weighted by Gasteiger charge is -2.33. The molecule has 0 aromatic carbocycles. The summed E-state index contributed by atoms with van der Waals surface area (Å²) in [5.74, 6) is 0. The van der Waals surface area contributed by atoms with Crippen LogP contribution < -0.4 is 5.32 Å². The molecule has 0 aliphatic carbocycles. The first-order valence-corrected chi connectivity index (χ1v) is 9.17. The van der Waals surface area contributed by atoms with Gasteiger partial charge in [0.05, 0.1) is 4.34 Å². The largest absolute Gasteiger partial charge is 0.317 e. The van der Waals surface area contributed by atoms with Gasteiger partial charge in [-0.05, 0) is 44.5 Å². The maximum Gasteiger partial charge on any atom is 0.252 e. The molecule has 8 heteroatoms. The number of nitrogens with one attached hydrogen (secondary N) is 1. The molecule has 1 fully saturated rings. The Balaban J connectivity index is 0.00000200. The van der Waals surface area contributed by atoms with Crippen LogP contribution in [0, 0.1) is 0 Å². The van der Waals surface area contributed by atoms with Crippen LogP contribution in [0.5, 0.6) is 0 Å². The molecule has 2 heterocycles. The van der Waals surface area contributed by atoms with E-state index in [4.69, 9.17) is 11.6 Å². The summed E-state index contributed by atoms with van der Waals surface area (Å²) >= 11 is 6.99. The molecule has 0 unspecified atom stereocenters. The summed E-state index contributed by atoms with van der Waals surface area (Å²) in [5, 5.41) is 3.27. The molecule has 2 rings (SSSR count). The van der Waals surface area contributed by atoms with Crippen molar-refractivity contribution in [2.24, 2.45) is 0 Å². The fourth-order valence-electron chi connectivity index (χ4n) is 2.37. The van der Waals surface area contributed by atoms with Gasteiger partial charge in [-0.3, -0.25) is 0 Å². The van der Waals surface area contributed by atoms with Gasteiger partial charge in [-0.15, -0.1) is 23.7 Å². The topological polar surface area (TPSA) is 49.4 Å². The van der Waals surface area contributed by atoms with E-state index in [-0.39, 0.29) is 18.4 Å². The van der Waals surface area contributed by atoms with Crippen LogP contribution in [0.15, 0.2) is 16.3 Å². The minimum absolute atomic E-state index is 0. The van der Waals surface area contributed by atoms with E-state index in [9.17, 15) is 8.42 Å². The normalized spacial score (nSPS) is 17.1. The zero-order chi connectivity index (χ0) is 13.9. The Morgan fingerprint density at radius 1 is 1.40 bits per heavy atom. The fourth-order valence-corrected chi connectivity index (χ4v) is 5.76. The average Bonchev–Trinajstić information content (AvgIpc) is 2.84. The van der Waals surface area contributed by atoms with Gasteiger partial charge in [0, 0.05) is 12.6 Å². The highest BCUT2D eigenvalue weighted by atomic mass is 35.5. The molecule has 116 valence electrons. The molecule has 0 amide bonds. The van der Waals surface area contributed by atoms with Crippen molar-refractivity contribution < 1.29 is 8.42 Å². The fraction of sp³-hybridized carbons (Fsp3) is 0.667. The Labute approximate surface area is 136 Å². The van der Waals surface area contributed by atoms with Crippen molar-refractivity contribution in [2.75, 3.05) is 19.6 Å². The lowest BCUT2D eigenvalue weighted by Crippen LogP contribution is -2.46. The molecule has 1 aliphatic rings. The molecule has 1 aromatic rings. The van der Waals surface area contributed by atoms with Crippen molar-refractivity contribution in [3.8, 4) is 0 Å². The molecule has 0 radical (unpaired) electrons. The van der Waals surface area contributed by atoms with Crippen molar-refractivity contribution in [3.05, 3.63) is 16.5 Å². The monoisotopic (exact) mass is 358 g/mol. The summed E-state index contributed by atoms with van der Waals surface area (Å²) in [5.41, 5.74) is 0. The van der Waals surface area contributed by atoms with Crippen molar-refractivity contribution in [1.29, 1.82) is 0 Å². The van der Waals surface area contributed by atoms with Crippen LogP contribution in [-0.4, -0.2) is 38.4 Å². The van der Waals surface area contributed by atoms with E-state index in [2.05, 4.69) is 5.32 Å². The third-order valence-electron chi connectivity index (χ3n) is 3.27. The minimum Gasteiger partial charge on any atom is -0.317 e. The number of rotatable bonds is 5. The number of sulfonamides is 1. The molecule has 1 aromatic heterocycles. The summed E-state index contributed by atoms with van der Waals surface area (Å²) in [6.07, 6.45) is 2.57. The zero-order valence-corrected chi connectivity index (χ0v) is 14.5. The smallest absolute Gasteiger partial charge is 0.252 e. The first-order chi connectivity index (χ1) is 9.05. The number of thiophene rings is 1. The summed E-state index contributed by atoms with van der Waals surface area (Å²) in [7, 11) is -3.40. The van der Waals surface area contributed by atoms with Crippen molar-refractivity contribution in [1.82, 2.24) is 9.62 Å². The Kier molecular flexibility index (Phi) is 7.24. The van der Waals surface area contributed by atoms with Crippen molar-refractivity contribution in [3.63, 3.8) is 0 Å². The third-order valence-corrected chi connectivity index (χ3v) is 6.92. The number of halogens is 2. The molecular weight excluding hydrogens is 339 g/mol. The Hall–Kier alpha value is 0.150. The summed E-state index contributed by atoms with van der Waals surface area (Å²) in [6, 6.07) is 3.35. The minimum atomic E-state index is -3.40. The number of nitrogens with zero attached hydrogens (tertiary/aromatic N) is 1. The zero-order valence-electron chi connectivity index (χ0n) is 11.3. The van der Waals surface area contributed by atoms with Gasteiger partial charge < -0.3 is 5.32 Å². The SMILES string of the molecule is CCCN(C1CCNCC1)S(=O)(=O)c1ccc(Cl)s1.Cl. The molecule has 4 nitrogen and oxygen atoms in total. The van der Waals surface area contributed by atoms with Gasteiger partial charge in [0.2, 0.25) is 0 Å². The lowest BCUT2D eigenvalue weighted by atomic mass is 10.1. The van der Waals surface area contributed by atoms with E-state index >= 15 is 0 Å². The lowest BCUT2D eigenvalue weighted by molar-refractivity contribution is 0.263. The summed E-state index contributed by atoms with van der Waals surface area (Å²) in [6.45, 7) is 4.34. The maximum atomic E-state index is 12.7. The van der Waals surface area contributed by atoms with E-state index < -0.39 is 10.0 Å². The van der Waals surface area contributed by atoms with E-state index in [0.717, 1.165) is 43.7 Å². The molecule has 1 N–H and O–H groups in total. The number of hydrogen-bond donors (Lipinski definition) is 1. The van der Waals surface area contributed by atoms with E-state index in [1.165, 1.54) is 0 Å². The predicted molar refractivity (Wildman–Crippen MR) is 86.7 cm³/mol. The number of hydrogen-bond acceptors (Lipinski definition) is 4. The van der Waals surface area contributed by atoms with Gasteiger partial charge in [0.1, 0.15) is 4.21 Å². The highest BCUT2D eigenvalue weighted by Crippen LogP contribution is 2.30. The number of piperidine rings is 1. The highest BCUT2D eigenvalue weighted by molar-refractivity contribution is 7.91. The second-order valence-electron chi connectivity index (χ2n) is 4.66. The molecule has 0 saturated carbocycles. The maximum absolute atomic E-state index is 12.7. The van der Waals surface area contributed by atoms with E-state index in [0.29, 0.717) is 15.1 Å².